The molecule has 6 heteroatoms. The Bertz CT molecular complexity index is 382. The molecule has 0 unspecified atom stereocenters. The molecule has 5 nitrogen and oxygen atoms in total. The highest BCUT2D eigenvalue weighted by Crippen LogP contribution is 2.22. The molecule has 0 aliphatic carbocycles. The lowest BCUT2D eigenvalue weighted by atomic mass is 10.4. The lowest BCUT2D eigenvalue weighted by Gasteiger charge is -2.15. The summed E-state index contributed by atoms with van der Waals surface area (Å²) < 4.78 is 6.50. The molecule has 1 aliphatic heterocycles. The van der Waals surface area contributed by atoms with Gasteiger partial charge in [-0.25, -0.2) is 4.98 Å². The van der Waals surface area contributed by atoms with E-state index >= 15 is 0 Å². The van der Waals surface area contributed by atoms with Crippen LogP contribution in [0.5, 0.6) is 5.88 Å². The Labute approximate surface area is 116 Å². The number of hydrogen-bond acceptors (Lipinski definition) is 5. The minimum Gasteiger partial charge on any atom is -0.475 e. The van der Waals surface area contributed by atoms with Crippen molar-refractivity contribution in [1.82, 2.24) is 14.9 Å². The van der Waals surface area contributed by atoms with Gasteiger partial charge in [0.1, 0.15) is 6.61 Å². The molecular weight excluding hydrogens is 296 g/mol. The number of ether oxygens (including phenoxy) is 1. The smallest absolute Gasteiger partial charge is 0.232 e. The fourth-order valence-electron chi connectivity index (χ4n) is 1.97. The maximum Gasteiger partial charge on any atom is 0.232 e. The number of aromatic nitrogens is 2. The maximum absolute atomic E-state index is 5.71. The number of nitrogens with one attached hydrogen (secondary N) is 1. The number of hydrogen-bond donors (Lipinski definition) is 1. The van der Waals surface area contributed by atoms with Gasteiger partial charge in [0.15, 0.2) is 0 Å². The second-order valence-electron chi connectivity index (χ2n) is 4.27. The highest BCUT2D eigenvalue weighted by Gasteiger charge is 2.12. The minimum atomic E-state index is 0.608. The molecule has 1 aromatic rings. The van der Waals surface area contributed by atoms with Crippen LogP contribution in [-0.2, 0) is 0 Å². The van der Waals surface area contributed by atoms with Gasteiger partial charge in [-0.1, -0.05) is 0 Å². The van der Waals surface area contributed by atoms with Crippen molar-refractivity contribution in [2.45, 2.75) is 19.8 Å². The molecule has 0 atom stereocenters. The molecule has 1 fully saturated rings. The Kier molecular flexibility index (Phi) is 5.19. The SMILES string of the molecule is CCNc1ncc(Br)c(OCCN2CCCC2)n1. The summed E-state index contributed by atoms with van der Waals surface area (Å²) >= 11 is 3.40. The Hall–Kier alpha value is -0.880. The van der Waals surface area contributed by atoms with Crippen LogP contribution in [0.2, 0.25) is 0 Å². The summed E-state index contributed by atoms with van der Waals surface area (Å²) in [6.07, 6.45) is 4.33. The summed E-state index contributed by atoms with van der Waals surface area (Å²) in [4.78, 5) is 10.9. The lowest BCUT2D eigenvalue weighted by molar-refractivity contribution is 0.231. The molecule has 0 radical (unpaired) electrons. The monoisotopic (exact) mass is 314 g/mol. The summed E-state index contributed by atoms with van der Waals surface area (Å²) in [5.74, 6) is 1.22. The van der Waals surface area contributed by atoms with Crippen LogP contribution in [-0.4, -0.2) is 47.7 Å². The molecule has 2 heterocycles. The van der Waals surface area contributed by atoms with Crippen LogP contribution in [0.3, 0.4) is 0 Å². The Balaban J connectivity index is 1.85. The second kappa shape index (κ2) is 6.89. The third-order valence-corrected chi connectivity index (χ3v) is 3.44. The van der Waals surface area contributed by atoms with Crippen LogP contribution in [0.4, 0.5) is 5.95 Å². The average molecular weight is 315 g/mol. The number of likely N-dealkylation sites (tertiary alicyclic amines) is 1. The van der Waals surface area contributed by atoms with Crippen molar-refractivity contribution in [3.05, 3.63) is 10.7 Å². The van der Waals surface area contributed by atoms with E-state index in [1.807, 2.05) is 6.92 Å². The Morgan fingerprint density at radius 1 is 1.44 bits per heavy atom. The molecule has 2 rings (SSSR count). The Morgan fingerprint density at radius 2 is 2.22 bits per heavy atom. The molecular formula is C12H19BrN4O. The molecule has 0 amide bonds. The van der Waals surface area contributed by atoms with E-state index in [2.05, 4.69) is 36.1 Å². The van der Waals surface area contributed by atoms with Gasteiger partial charge in [-0.3, -0.25) is 4.90 Å². The molecule has 1 aromatic heterocycles. The summed E-state index contributed by atoms with van der Waals surface area (Å²) in [7, 11) is 0. The highest BCUT2D eigenvalue weighted by atomic mass is 79.9. The van der Waals surface area contributed by atoms with Crippen molar-refractivity contribution in [1.29, 1.82) is 0 Å². The lowest BCUT2D eigenvalue weighted by Crippen LogP contribution is -2.25. The second-order valence-corrected chi connectivity index (χ2v) is 5.13. The normalized spacial score (nSPS) is 15.9. The van der Waals surface area contributed by atoms with Crippen molar-refractivity contribution < 1.29 is 4.74 Å². The van der Waals surface area contributed by atoms with Crippen LogP contribution < -0.4 is 10.1 Å². The summed E-state index contributed by atoms with van der Waals surface area (Å²) in [5.41, 5.74) is 0. The van der Waals surface area contributed by atoms with Gasteiger partial charge >= 0.3 is 0 Å². The van der Waals surface area contributed by atoms with Crippen molar-refractivity contribution in [3.63, 3.8) is 0 Å². The largest absolute Gasteiger partial charge is 0.475 e. The van der Waals surface area contributed by atoms with Crippen LogP contribution >= 0.6 is 15.9 Å². The first kappa shape index (κ1) is 13.5. The van der Waals surface area contributed by atoms with E-state index in [0.29, 0.717) is 18.4 Å². The zero-order chi connectivity index (χ0) is 12.8. The van der Waals surface area contributed by atoms with Gasteiger partial charge in [0.2, 0.25) is 11.8 Å². The van der Waals surface area contributed by atoms with E-state index in [9.17, 15) is 0 Å². The van der Waals surface area contributed by atoms with Crippen molar-refractivity contribution >= 4 is 21.9 Å². The number of halogens is 1. The predicted octanol–water partition coefficient (Wildman–Crippen LogP) is 2.15. The molecule has 0 spiro atoms. The quantitative estimate of drug-likeness (QED) is 0.872. The third kappa shape index (κ3) is 3.81. The average Bonchev–Trinajstić information content (AvgIpc) is 2.86. The van der Waals surface area contributed by atoms with Gasteiger partial charge in [-0.05, 0) is 48.8 Å². The zero-order valence-corrected chi connectivity index (χ0v) is 12.2. The first-order valence-electron chi connectivity index (χ1n) is 6.41. The molecule has 0 bridgehead atoms. The van der Waals surface area contributed by atoms with E-state index in [4.69, 9.17) is 4.74 Å². The Morgan fingerprint density at radius 3 is 2.94 bits per heavy atom. The topological polar surface area (TPSA) is 50.3 Å². The molecule has 0 saturated carbocycles. The number of nitrogens with zero attached hydrogens (tertiary/aromatic N) is 3. The minimum absolute atomic E-state index is 0.608. The van der Waals surface area contributed by atoms with Gasteiger partial charge in [0.05, 0.1) is 10.7 Å². The maximum atomic E-state index is 5.71. The molecule has 1 saturated heterocycles. The van der Waals surface area contributed by atoms with Gasteiger partial charge in [0.25, 0.3) is 0 Å². The number of anilines is 1. The van der Waals surface area contributed by atoms with Gasteiger partial charge in [-0.15, -0.1) is 0 Å². The van der Waals surface area contributed by atoms with E-state index in [1.54, 1.807) is 6.20 Å². The van der Waals surface area contributed by atoms with E-state index in [-0.39, 0.29) is 0 Å². The zero-order valence-electron chi connectivity index (χ0n) is 10.7. The van der Waals surface area contributed by atoms with E-state index in [1.165, 1.54) is 25.9 Å². The van der Waals surface area contributed by atoms with Crippen molar-refractivity contribution in [2.75, 3.05) is 38.1 Å². The summed E-state index contributed by atoms with van der Waals surface area (Å²) in [6, 6.07) is 0. The predicted molar refractivity (Wildman–Crippen MR) is 75.1 cm³/mol. The fourth-order valence-corrected chi connectivity index (χ4v) is 2.28. The molecule has 18 heavy (non-hydrogen) atoms. The standard InChI is InChI=1S/C12H19BrN4O/c1-2-14-12-15-9-10(13)11(16-12)18-8-7-17-5-3-4-6-17/h9H,2-8H2,1H3,(H,14,15,16). The first-order valence-corrected chi connectivity index (χ1v) is 7.20. The van der Waals surface area contributed by atoms with Crippen LogP contribution in [0.1, 0.15) is 19.8 Å². The van der Waals surface area contributed by atoms with Crippen molar-refractivity contribution in [2.24, 2.45) is 0 Å². The molecule has 0 aromatic carbocycles. The van der Waals surface area contributed by atoms with E-state index in [0.717, 1.165) is 17.6 Å². The van der Waals surface area contributed by atoms with Crippen LogP contribution in [0.15, 0.2) is 10.7 Å². The molecule has 100 valence electrons. The molecule has 1 N–H and O–H groups in total. The van der Waals surface area contributed by atoms with Gasteiger partial charge in [-0.2, -0.15) is 4.98 Å². The highest BCUT2D eigenvalue weighted by molar-refractivity contribution is 9.10. The molecule has 1 aliphatic rings. The summed E-state index contributed by atoms with van der Waals surface area (Å²) in [5, 5.41) is 3.07. The van der Waals surface area contributed by atoms with Crippen LogP contribution in [0.25, 0.3) is 0 Å². The van der Waals surface area contributed by atoms with Gasteiger partial charge in [0, 0.05) is 13.1 Å². The fraction of sp³-hybridized carbons (Fsp3) is 0.667. The first-order chi connectivity index (χ1) is 8.79. The van der Waals surface area contributed by atoms with Crippen molar-refractivity contribution in [3.8, 4) is 5.88 Å². The summed E-state index contributed by atoms with van der Waals surface area (Å²) in [6.45, 7) is 6.83. The third-order valence-electron chi connectivity index (χ3n) is 2.89. The van der Waals surface area contributed by atoms with Gasteiger partial charge < -0.3 is 10.1 Å². The number of rotatable bonds is 6. The van der Waals surface area contributed by atoms with E-state index < -0.39 is 0 Å². The van der Waals surface area contributed by atoms with Crippen LogP contribution in [0, 0.1) is 0 Å².